The quantitative estimate of drug-likeness (QED) is 0.725. The summed E-state index contributed by atoms with van der Waals surface area (Å²) < 4.78 is 7.52. The van der Waals surface area contributed by atoms with E-state index in [1.165, 1.54) is 5.52 Å². The van der Waals surface area contributed by atoms with Gasteiger partial charge in [-0.25, -0.2) is 4.98 Å². The highest BCUT2D eigenvalue weighted by Crippen LogP contribution is 2.21. The monoisotopic (exact) mass is 340 g/mol. The van der Waals surface area contributed by atoms with Gasteiger partial charge in [0.2, 0.25) is 5.89 Å². The first-order chi connectivity index (χ1) is 12.1. The minimum absolute atomic E-state index is 0.166. The summed E-state index contributed by atoms with van der Waals surface area (Å²) in [4.78, 5) is 14.0. The summed E-state index contributed by atoms with van der Waals surface area (Å²) in [5, 5.41) is 3.90. The van der Waals surface area contributed by atoms with Crippen molar-refractivity contribution in [3.63, 3.8) is 0 Å². The zero-order chi connectivity index (χ0) is 17.4. The van der Waals surface area contributed by atoms with Crippen LogP contribution in [-0.4, -0.2) is 55.7 Å². The Morgan fingerprint density at radius 2 is 1.88 bits per heavy atom. The van der Waals surface area contributed by atoms with E-state index in [4.69, 9.17) is 9.51 Å². The average molecular weight is 340 g/mol. The molecule has 0 radical (unpaired) electrons. The van der Waals surface area contributed by atoms with Crippen LogP contribution in [0.2, 0.25) is 0 Å². The van der Waals surface area contributed by atoms with Gasteiger partial charge in [-0.1, -0.05) is 17.3 Å². The molecule has 132 valence electrons. The van der Waals surface area contributed by atoms with Crippen molar-refractivity contribution < 1.29 is 4.52 Å². The van der Waals surface area contributed by atoms with Crippen molar-refractivity contribution in [3.05, 3.63) is 41.8 Å². The minimum Gasteiger partial charge on any atom is -0.338 e. The van der Waals surface area contributed by atoms with Crippen LogP contribution in [0.1, 0.15) is 30.5 Å². The van der Waals surface area contributed by atoms with Crippen LogP contribution in [0.15, 0.2) is 28.8 Å². The Labute approximate surface area is 147 Å². The molecule has 3 aromatic rings. The molecule has 0 saturated carbocycles. The Balaban J connectivity index is 1.39. The molecule has 0 amide bonds. The molecule has 1 aliphatic heterocycles. The summed E-state index contributed by atoms with van der Waals surface area (Å²) in [6.45, 7) is 8.88. The van der Waals surface area contributed by atoms with Gasteiger partial charge < -0.3 is 9.09 Å². The molecule has 3 heterocycles. The first kappa shape index (κ1) is 16.2. The topological polar surface area (TPSA) is 63.2 Å². The molecule has 25 heavy (non-hydrogen) atoms. The maximum absolute atomic E-state index is 5.32. The molecule has 1 aliphatic rings. The largest absolute Gasteiger partial charge is 0.338 e. The van der Waals surface area contributed by atoms with Crippen LogP contribution < -0.4 is 0 Å². The first-order valence-corrected chi connectivity index (χ1v) is 8.79. The van der Waals surface area contributed by atoms with Gasteiger partial charge in [0.1, 0.15) is 5.82 Å². The van der Waals surface area contributed by atoms with E-state index >= 15 is 0 Å². The lowest BCUT2D eigenvalue weighted by atomic mass is 10.2. The molecule has 7 nitrogen and oxygen atoms in total. The normalized spacial score (nSPS) is 18.0. The smallest absolute Gasteiger partial charge is 0.243 e. The molecule has 1 fully saturated rings. The summed E-state index contributed by atoms with van der Waals surface area (Å²) in [5.41, 5.74) is 2.26. The molecular formula is C18H24N6O. The van der Waals surface area contributed by atoms with Crippen LogP contribution in [0.3, 0.4) is 0 Å². The predicted molar refractivity (Wildman–Crippen MR) is 95.0 cm³/mol. The van der Waals surface area contributed by atoms with Crippen molar-refractivity contribution in [1.82, 2.24) is 29.5 Å². The number of nitrogens with zero attached hydrogens (tertiary/aromatic N) is 6. The number of imidazole rings is 1. The number of hydrogen-bond acceptors (Lipinski definition) is 6. The number of fused-ring (bicyclic) bond motifs is 1. The van der Waals surface area contributed by atoms with E-state index < -0.39 is 0 Å². The van der Waals surface area contributed by atoms with E-state index in [0.717, 1.165) is 44.1 Å². The number of benzene rings is 1. The maximum atomic E-state index is 5.32. The zero-order valence-corrected chi connectivity index (χ0v) is 15.0. The van der Waals surface area contributed by atoms with Crippen LogP contribution in [-0.2, 0) is 13.6 Å². The average Bonchev–Trinajstić information content (AvgIpc) is 3.20. The van der Waals surface area contributed by atoms with Gasteiger partial charge in [-0.3, -0.25) is 9.80 Å². The van der Waals surface area contributed by atoms with E-state index in [1.54, 1.807) is 0 Å². The van der Waals surface area contributed by atoms with Crippen LogP contribution in [0, 0.1) is 6.92 Å². The lowest BCUT2D eigenvalue weighted by Gasteiger charge is -2.36. The Hall–Kier alpha value is -2.25. The second-order valence-electron chi connectivity index (χ2n) is 6.74. The molecule has 7 heteroatoms. The van der Waals surface area contributed by atoms with Crippen molar-refractivity contribution in [1.29, 1.82) is 0 Å². The van der Waals surface area contributed by atoms with Crippen LogP contribution in [0.5, 0.6) is 0 Å². The van der Waals surface area contributed by atoms with Gasteiger partial charge in [-0.15, -0.1) is 0 Å². The summed E-state index contributed by atoms with van der Waals surface area (Å²) in [7, 11) is 2.10. The van der Waals surface area contributed by atoms with Crippen LogP contribution >= 0.6 is 0 Å². The summed E-state index contributed by atoms with van der Waals surface area (Å²) >= 11 is 0. The first-order valence-electron chi connectivity index (χ1n) is 8.79. The standard InChI is InChI=1S/C18H24N6O/c1-13(18-19-14(2)21-25-18)24-10-8-23(9-11-24)12-17-20-15-6-4-5-7-16(15)22(17)3/h4-7,13H,8-12H2,1-3H3/t13-/m1/s1. The number of aryl methyl sites for hydroxylation is 2. The van der Waals surface area contributed by atoms with Gasteiger partial charge in [0.05, 0.1) is 23.6 Å². The van der Waals surface area contributed by atoms with Crippen molar-refractivity contribution in [2.75, 3.05) is 26.2 Å². The molecular weight excluding hydrogens is 316 g/mol. The molecule has 0 spiro atoms. The molecule has 1 saturated heterocycles. The van der Waals surface area contributed by atoms with Crippen molar-refractivity contribution in [3.8, 4) is 0 Å². The molecule has 0 unspecified atom stereocenters. The van der Waals surface area contributed by atoms with E-state index in [1.807, 2.05) is 13.0 Å². The molecule has 4 rings (SSSR count). The van der Waals surface area contributed by atoms with Gasteiger partial charge >= 0.3 is 0 Å². The number of rotatable bonds is 4. The molecule has 0 aliphatic carbocycles. The highest BCUT2D eigenvalue weighted by molar-refractivity contribution is 5.75. The Bertz CT molecular complexity index is 861. The van der Waals surface area contributed by atoms with Crippen molar-refractivity contribution in [2.24, 2.45) is 7.05 Å². The van der Waals surface area contributed by atoms with E-state index in [9.17, 15) is 0 Å². The second-order valence-corrected chi connectivity index (χ2v) is 6.74. The summed E-state index contributed by atoms with van der Waals surface area (Å²) in [6.07, 6.45) is 0. The highest BCUT2D eigenvalue weighted by atomic mass is 16.5. The zero-order valence-electron chi connectivity index (χ0n) is 15.0. The van der Waals surface area contributed by atoms with Gasteiger partial charge in [-0.2, -0.15) is 4.98 Å². The molecule has 2 aromatic heterocycles. The lowest BCUT2D eigenvalue weighted by Crippen LogP contribution is -2.46. The number of para-hydroxylation sites is 2. The summed E-state index contributed by atoms with van der Waals surface area (Å²) in [6, 6.07) is 8.47. The lowest BCUT2D eigenvalue weighted by molar-refractivity contribution is 0.0828. The Kier molecular flexibility index (Phi) is 4.27. The molecule has 0 N–H and O–H groups in total. The SMILES string of the molecule is Cc1noc([C@@H](C)N2CCN(Cc3nc4ccccc4n3C)CC2)n1. The Morgan fingerprint density at radius 1 is 1.12 bits per heavy atom. The third-order valence-electron chi connectivity index (χ3n) is 5.10. The predicted octanol–water partition coefficient (Wildman–Crippen LogP) is 2.14. The third-order valence-corrected chi connectivity index (χ3v) is 5.10. The van der Waals surface area contributed by atoms with Gasteiger partial charge in [-0.05, 0) is 26.0 Å². The minimum atomic E-state index is 0.166. The number of aromatic nitrogens is 4. The third kappa shape index (κ3) is 3.17. The summed E-state index contributed by atoms with van der Waals surface area (Å²) in [5.74, 6) is 2.53. The fourth-order valence-electron chi connectivity index (χ4n) is 3.48. The number of hydrogen-bond donors (Lipinski definition) is 0. The van der Waals surface area contributed by atoms with Crippen LogP contribution in [0.25, 0.3) is 11.0 Å². The van der Waals surface area contributed by atoms with Gasteiger partial charge in [0.25, 0.3) is 0 Å². The van der Waals surface area contributed by atoms with Gasteiger partial charge in [0, 0.05) is 33.2 Å². The fraction of sp³-hybridized carbons (Fsp3) is 0.500. The maximum Gasteiger partial charge on any atom is 0.243 e. The van der Waals surface area contributed by atoms with Crippen molar-refractivity contribution in [2.45, 2.75) is 26.4 Å². The second kappa shape index (κ2) is 6.57. The van der Waals surface area contributed by atoms with Crippen molar-refractivity contribution >= 4 is 11.0 Å². The van der Waals surface area contributed by atoms with Crippen LogP contribution in [0.4, 0.5) is 0 Å². The highest BCUT2D eigenvalue weighted by Gasteiger charge is 2.26. The van der Waals surface area contributed by atoms with E-state index in [-0.39, 0.29) is 6.04 Å². The molecule has 1 aromatic carbocycles. The molecule has 0 bridgehead atoms. The fourth-order valence-corrected chi connectivity index (χ4v) is 3.48. The molecule has 1 atom stereocenters. The van der Waals surface area contributed by atoms with E-state index in [2.05, 4.69) is 56.7 Å². The van der Waals surface area contributed by atoms with Gasteiger partial charge in [0.15, 0.2) is 5.82 Å². The number of piperazine rings is 1. The Morgan fingerprint density at radius 3 is 2.56 bits per heavy atom. The van der Waals surface area contributed by atoms with E-state index in [0.29, 0.717) is 11.7 Å².